The summed E-state index contributed by atoms with van der Waals surface area (Å²) in [6.07, 6.45) is 0. The summed E-state index contributed by atoms with van der Waals surface area (Å²) in [5.41, 5.74) is 0. The first-order valence-electron chi connectivity index (χ1n) is 3.53. The first kappa shape index (κ1) is 13.4. The number of hydrogen-bond acceptors (Lipinski definition) is 6. The summed E-state index contributed by atoms with van der Waals surface area (Å²) in [4.78, 5) is 31.7. The number of carbonyl (C=O) groups is 3. The van der Waals surface area contributed by atoms with Gasteiger partial charge in [0.2, 0.25) is 0 Å². The van der Waals surface area contributed by atoms with Crippen LogP contribution in [0.1, 0.15) is 20.8 Å². The Labute approximate surface area is 89.1 Å². The molecule has 0 spiro atoms. The molecule has 0 aliphatic carbocycles. The fraction of sp³-hybridized carbons (Fsp3) is 0.500. The molecule has 8 heteroatoms. The van der Waals surface area contributed by atoms with Crippen LogP contribution in [0.5, 0.6) is 0 Å². The Morgan fingerprint density at radius 2 is 1.07 bits per heavy atom. The Hall–Kier alpha value is -0.586. The van der Waals surface area contributed by atoms with E-state index in [2.05, 4.69) is 9.96 Å². The molecule has 0 fully saturated rings. The first-order valence-corrected chi connectivity index (χ1v) is 7.59. The monoisotopic (exact) mass is 260 g/mol. The van der Waals surface area contributed by atoms with Crippen molar-refractivity contribution in [3.63, 3.8) is 0 Å². The molecule has 0 saturated carbocycles. The first-order chi connectivity index (χ1) is 6.25. The Morgan fingerprint density at radius 1 is 0.857 bits per heavy atom. The number of rotatable bonds is 3. The molecule has 0 atom stereocenters. The van der Waals surface area contributed by atoms with E-state index in [-0.39, 0.29) is 0 Å². The van der Waals surface area contributed by atoms with Crippen molar-refractivity contribution in [3.8, 4) is 0 Å². The molecular formula is C6H9ClO6Ti. The van der Waals surface area contributed by atoms with Crippen LogP contribution in [0.15, 0.2) is 0 Å². The van der Waals surface area contributed by atoms with Crippen LogP contribution in [0.25, 0.3) is 0 Å². The molecule has 0 aliphatic heterocycles. The second kappa shape index (κ2) is 5.33. The van der Waals surface area contributed by atoms with Gasteiger partial charge in [-0.15, -0.1) is 0 Å². The van der Waals surface area contributed by atoms with Crippen LogP contribution in [0.4, 0.5) is 0 Å². The summed E-state index contributed by atoms with van der Waals surface area (Å²) in [6.45, 7) is 3.19. The Balaban J connectivity index is 4.56. The molecule has 0 rings (SSSR count). The molecule has 0 heterocycles. The van der Waals surface area contributed by atoms with Crippen molar-refractivity contribution in [2.24, 2.45) is 0 Å². The van der Waals surface area contributed by atoms with Gasteiger partial charge in [0.1, 0.15) is 0 Å². The van der Waals surface area contributed by atoms with E-state index in [1.165, 1.54) is 0 Å². The molecule has 0 bridgehead atoms. The normalized spacial score (nSPS) is 10.3. The average molecular weight is 260 g/mol. The topological polar surface area (TPSA) is 78.9 Å². The summed E-state index contributed by atoms with van der Waals surface area (Å²) < 4.78 is 13.5. The third kappa shape index (κ3) is 5.96. The summed E-state index contributed by atoms with van der Waals surface area (Å²) in [5.74, 6) is -2.33. The van der Waals surface area contributed by atoms with E-state index in [1.807, 2.05) is 0 Å². The molecule has 0 radical (unpaired) electrons. The van der Waals surface area contributed by atoms with Gasteiger partial charge < -0.3 is 0 Å². The van der Waals surface area contributed by atoms with Gasteiger partial charge >= 0.3 is 89.0 Å². The van der Waals surface area contributed by atoms with Crippen molar-refractivity contribution >= 4 is 27.2 Å². The van der Waals surface area contributed by atoms with Crippen molar-refractivity contribution in [3.05, 3.63) is 0 Å². The molecule has 80 valence electrons. The number of hydrogen-bond donors (Lipinski definition) is 0. The molecule has 14 heavy (non-hydrogen) atoms. The third-order valence-electron chi connectivity index (χ3n) is 0.797. The SMILES string of the molecule is CC(=O)[O][Ti]([Cl])([O]C(C)=O)[O]C(C)=O. The van der Waals surface area contributed by atoms with E-state index in [0.29, 0.717) is 0 Å². The summed E-state index contributed by atoms with van der Waals surface area (Å²) in [7, 11) is 5.58. The predicted octanol–water partition coefficient (Wildman–Crippen LogP) is 0.728. The molecule has 0 saturated heterocycles. The maximum atomic E-state index is 10.6. The van der Waals surface area contributed by atoms with Crippen LogP contribution in [0.3, 0.4) is 0 Å². The van der Waals surface area contributed by atoms with E-state index < -0.39 is 34.6 Å². The van der Waals surface area contributed by atoms with E-state index >= 15 is 0 Å². The third-order valence-corrected chi connectivity index (χ3v) is 4.24. The predicted molar refractivity (Wildman–Crippen MR) is 41.2 cm³/mol. The van der Waals surface area contributed by atoms with Gasteiger partial charge in [0, 0.05) is 0 Å². The second-order valence-electron chi connectivity index (χ2n) is 2.26. The van der Waals surface area contributed by atoms with Gasteiger partial charge in [-0.1, -0.05) is 0 Å². The molecule has 0 N–H and O–H groups in total. The minimum absolute atomic E-state index is 0.775. The molecule has 6 nitrogen and oxygen atoms in total. The standard InChI is InChI=1S/3C2H4O2.ClH.Ti/c3*1-2(3)4;;/h3*1H3,(H,3,4);1H;/q;;;;+4/p-4. The van der Waals surface area contributed by atoms with Crippen molar-refractivity contribution in [2.75, 3.05) is 0 Å². The molecule has 0 aromatic rings. The van der Waals surface area contributed by atoms with Crippen molar-refractivity contribution in [1.29, 1.82) is 0 Å². The van der Waals surface area contributed by atoms with Crippen LogP contribution in [0, 0.1) is 0 Å². The fourth-order valence-electron chi connectivity index (χ4n) is 0.578. The molecule has 0 unspecified atom stereocenters. The van der Waals surface area contributed by atoms with Gasteiger partial charge in [-0.25, -0.2) is 0 Å². The molecule has 0 aromatic carbocycles. The van der Waals surface area contributed by atoms with Crippen molar-refractivity contribution in [1.82, 2.24) is 0 Å². The maximum absolute atomic E-state index is 10.6. The van der Waals surface area contributed by atoms with Crippen LogP contribution in [-0.4, -0.2) is 17.9 Å². The fourth-order valence-corrected chi connectivity index (χ4v) is 3.73. The summed E-state index contributed by atoms with van der Waals surface area (Å²) >= 11 is -4.54. The van der Waals surface area contributed by atoms with Gasteiger partial charge in [-0.3, -0.25) is 0 Å². The van der Waals surface area contributed by atoms with Crippen molar-refractivity contribution < 1.29 is 41.0 Å². The quantitative estimate of drug-likeness (QED) is 0.696. The summed E-state index contributed by atoms with van der Waals surface area (Å²) in [6, 6.07) is 0. The van der Waals surface area contributed by atoms with Crippen molar-refractivity contribution in [2.45, 2.75) is 20.8 Å². The van der Waals surface area contributed by atoms with Gasteiger partial charge in [0.05, 0.1) is 0 Å². The van der Waals surface area contributed by atoms with Gasteiger partial charge in [-0.2, -0.15) is 0 Å². The molecular weight excluding hydrogens is 251 g/mol. The number of halogens is 1. The van der Waals surface area contributed by atoms with E-state index in [9.17, 15) is 14.4 Å². The zero-order valence-electron chi connectivity index (χ0n) is 7.83. The minimum atomic E-state index is -4.54. The Bertz CT molecular complexity index is 224. The summed E-state index contributed by atoms with van der Waals surface area (Å²) in [5, 5.41) is 0. The zero-order chi connectivity index (χ0) is 11.4. The number of carbonyl (C=O) groups excluding carboxylic acids is 3. The van der Waals surface area contributed by atoms with Crippen LogP contribution in [0.2, 0.25) is 0 Å². The van der Waals surface area contributed by atoms with Crippen LogP contribution < -0.4 is 0 Å². The Morgan fingerprint density at radius 3 is 1.21 bits per heavy atom. The second-order valence-corrected chi connectivity index (χ2v) is 6.63. The van der Waals surface area contributed by atoms with E-state index in [4.69, 9.17) is 9.30 Å². The van der Waals surface area contributed by atoms with Crippen LogP contribution in [-0.2, 0) is 41.0 Å². The zero-order valence-corrected chi connectivity index (χ0v) is 10.1. The van der Waals surface area contributed by atoms with E-state index in [0.717, 1.165) is 20.8 Å². The molecule has 0 amide bonds. The van der Waals surface area contributed by atoms with E-state index in [1.54, 1.807) is 0 Å². The van der Waals surface area contributed by atoms with Gasteiger partial charge in [-0.05, 0) is 0 Å². The average Bonchev–Trinajstić information content (AvgIpc) is 1.76. The molecule has 0 aliphatic rings. The van der Waals surface area contributed by atoms with Crippen LogP contribution >= 0.6 is 9.30 Å². The van der Waals surface area contributed by atoms with Gasteiger partial charge in [0.15, 0.2) is 0 Å². The molecule has 0 aromatic heterocycles. The van der Waals surface area contributed by atoms with Gasteiger partial charge in [0.25, 0.3) is 0 Å². The Kier molecular flexibility index (Phi) is 5.11.